The average molecular weight is 265 g/mol. The Morgan fingerprint density at radius 3 is 2.38 bits per heavy atom. The summed E-state index contributed by atoms with van der Waals surface area (Å²) in [6.45, 7) is 3.23. The molecule has 0 aliphatic heterocycles. The minimum absolute atomic E-state index is 0.0575. The smallest absolute Gasteiger partial charge is 0.304 e. The SMILES string of the molecule is CC(C)(CC(=O)O)c1c(Cl)ccc(Cl)c1F. The highest BCUT2D eigenvalue weighted by Crippen LogP contribution is 2.37. The van der Waals surface area contributed by atoms with Crippen molar-refractivity contribution < 1.29 is 14.3 Å². The van der Waals surface area contributed by atoms with Crippen LogP contribution in [0, 0.1) is 5.82 Å². The van der Waals surface area contributed by atoms with E-state index in [1.807, 2.05) is 0 Å². The van der Waals surface area contributed by atoms with Gasteiger partial charge >= 0.3 is 5.97 Å². The third-order valence-corrected chi connectivity index (χ3v) is 2.92. The van der Waals surface area contributed by atoms with Crippen molar-refractivity contribution in [1.82, 2.24) is 0 Å². The molecule has 0 unspecified atom stereocenters. The van der Waals surface area contributed by atoms with Crippen molar-refractivity contribution >= 4 is 29.2 Å². The summed E-state index contributed by atoms with van der Waals surface area (Å²) in [6, 6.07) is 2.81. The molecule has 5 heteroatoms. The van der Waals surface area contributed by atoms with Crippen LogP contribution in [0.3, 0.4) is 0 Å². The Morgan fingerprint density at radius 1 is 1.38 bits per heavy atom. The highest BCUT2D eigenvalue weighted by Gasteiger charge is 2.30. The van der Waals surface area contributed by atoms with E-state index in [-0.39, 0.29) is 22.0 Å². The number of aliphatic carboxylic acids is 1. The summed E-state index contributed by atoms with van der Waals surface area (Å²) in [5.41, 5.74) is -0.762. The first kappa shape index (κ1) is 13.3. The van der Waals surface area contributed by atoms with E-state index in [1.54, 1.807) is 13.8 Å². The minimum Gasteiger partial charge on any atom is -0.481 e. The van der Waals surface area contributed by atoms with Crippen LogP contribution in [-0.2, 0) is 10.2 Å². The van der Waals surface area contributed by atoms with Gasteiger partial charge in [-0.05, 0) is 12.1 Å². The Balaban J connectivity index is 3.31. The van der Waals surface area contributed by atoms with Gasteiger partial charge in [-0.25, -0.2) is 4.39 Å². The maximum atomic E-state index is 13.8. The molecule has 0 saturated heterocycles. The van der Waals surface area contributed by atoms with Crippen LogP contribution in [0.4, 0.5) is 4.39 Å². The van der Waals surface area contributed by atoms with Gasteiger partial charge in [0.2, 0.25) is 0 Å². The van der Waals surface area contributed by atoms with Crippen LogP contribution in [0.2, 0.25) is 10.0 Å². The number of hydrogen-bond acceptors (Lipinski definition) is 1. The van der Waals surface area contributed by atoms with E-state index in [2.05, 4.69) is 0 Å². The zero-order valence-electron chi connectivity index (χ0n) is 8.85. The fourth-order valence-electron chi connectivity index (χ4n) is 1.61. The normalized spacial score (nSPS) is 11.6. The third kappa shape index (κ3) is 2.66. The van der Waals surface area contributed by atoms with Crippen molar-refractivity contribution in [1.29, 1.82) is 0 Å². The Labute approximate surface area is 103 Å². The molecule has 0 fully saturated rings. The van der Waals surface area contributed by atoms with Crippen LogP contribution in [0.25, 0.3) is 0 Å². The molecule has 0 aliphatic rings. The molecule has 0 atom stereocenters. The molecule has 0 radical (unpaired) electrons. The molecule has 0 heterocycles. The summed E-state index contributed by atoms with van der Waals surface area (Å²) >= 11 is 11.5. The molecule has 0 aliphatic carbocycles. The number of carboxylic acids is 1. The predicted octanol–water partition coefficient (Wildman–Crippen LogP) is 3.88. The standard InChI is InChI=1S/C11H11Cl2FO2/c1-11(2,5-8(15)16)9-6(12)3-4-7(13)10(9)14/h3-4H,5H2,1-2H3,(H,15,16). The Hall–Kier alpha value is -0.800. The lowest BCUT2D eigenvalue weighted by atomic mass is 9.81. The molecule has 1 aromatic rings. The molecule has 0 spiro atoms. The van der Waals surface area contributed by atoms with Crippen molar-refractivity contribution in [3.05, 3.63) is 33.6 Å². The lowest BCUT2D eigenvalue weighted by Gasteiger charge is -2.25. The highest BCUT2D eigenvalue weighted by molar-refractivity contribution is 6.33. The third-order valence-electron chi connectivity index (χ3n) is 2.31. The molecule has 2 nitrogen and oxygen atoms in total. The topological polar surface area (TPSA) is 37.3 Å². The van der Waals surface area contributed by atoms with E-state index in [4.69, 9.17) is 28.3 Å². The number of hydrogen-bond donors (Lipinski definition) is 1. The molecular formula is C11H11Cl2FO2. The van der Waals surface area contributed by atoms with Gasteiger partial charge in [-0.15, -0.1) is 0 Å². The van der Waals surface area contributed by atoms with E-state index in [0.717, 1.165) is 0 Å². The van der Waals surface area contributed by atoms with Crippen molar-refractivity contribution in [2.45, 2.75) is 25.7 Å². The van der Waals surface area contributed by atoms with Crippen LogP contribution in [0.1, 0.15) is 25.8 Å². The van der Waals surface area contributed by atoms with Gasteiger partial charge in [-0.1, -0.05) is 37.0 Å². The molecule has 0 saturated carbocycles. The van der Waals surface area contributed by atoms with Gasteiger partial charge in [-0.3, -0.25) is 4.79 Å². The second-order valence-electron chi connectivity index (χ2n) is 4.17. The van der Waals surface area contributed by atoms with Crippen molar-refractivity contribution in [2.75, 3.05) is 0 Å². The summed E-state index contributed by atoms with van der Waals surface area (Å²) < 4.78 is 13.8. The maximum Gasteiger partial charge on any atom is 0.304 e. The molecule has 0 amide bonds. The quantitative estimate of drug-likeness (QED) is 0.842. The first-order chi connectivity index (χ1) is 7.25. The van der Waals surface area contributed by atoms with E-state index in [0.29, 0.717) is 0 Å². The lowest BCUT2D eigenvalue weighted by molar-refractivity contribution is -0.138. The van der Waals surface area contributed by atoms with Gasteiger partial charge in [-0.2, -0.15) is 0 Å². The fraction of sp³-hybridized carbons (Fsp3) is 0.364. The van der Waals surface area contributed by atoms with Gasteiger partial charge in [0, 0.05) is 16.0 Å². The zero-order chi connectivity index (χ0) is 12.5. The maximum absolute atomic E-state index is 13.8. The van der Waals surface area contributed by atoms with Crippen molar-refractivity contribution in [2.24, 2.45) is 0 Å². The Morgan fingerprint density at radius 2 is 1.88 bits per heavy atom. The molecule has 16 heavy (non-hydrogen) atoms. The van der Waals surface area contributed by atoms with Gasteiger partial charge < -0.3 is 5.11 Å². The number of rotatable bonds is 3. The van der Waals surface area contributed by atoms with Crippen LogP contribution in [-0.4, -0.2) is 11.1 Å². The van der Waals surface area contributed by atoms with Gasteiger partial charge in [0.25, 0.3) is 0 Å². The predicted molar refractivity (Wildman–Crippen MR) is 61.7 cm³/mol. The second kappa shape index (κ2) is 4.60. The van der Waals surface area contributed by atoms with E-state index < -0.39 is 17.2 Å². The molecule has 88 valence electrons. The molecule has 0 bridgehead atoms. The second-order valence-corrected chi connectivity index (χ2v) is 4.99. The first-order valence-corrected chi connectivity index (χ1v) is 5.37. The first-order valence-electron chi connectivity index (χ1n) is 4.61. The van der Waals surface area contributed by atoms with Crippen LogP contribution >= 0.6 is 23.2 Å². The van der Waals surface area contributed by atoms with Gasteiger partial charge in [0.15, 0.2) is 0 Å². The van der Waals surface area contributed by atoms with Crippen molar-refractivity contribution in [3.8, 4) is 0 Å². The number of benzene rings is 1. The molecule has 1 aromatic carbocycles. The van der Waals surface area contributed by atoms with E-state index in [9.17, 15) is 9.18 Å². The van der Waals surface area contributed by atoms with Crippen LogP contribution in [0.15, 0.2) is 12.1 Å². The largest absolute Gasteiger partial charge is 0.481 e. The van der Waals surface area contributed by atoms with Crippen LogP contribution < -0.4 is 0 Å². The number of carboxylic acid groups (broad SMARTS) is 1. The molecule has 1 N–H and O–H groups in total. The van der Waals surface area contributed by atoms with Crippen molar-refractivity contribution in [3.63, 3.8) is 0 Å². The van der Waals surface area contributed by atoms with Gasteiger partial charge in [0.1, 0.15) is 5.82 Å². The van der Waals surface area contributed by atoms with E-state index in [1.165, 1.54) is 12.1 Å². The average Bonchev–Trinajstić information content (AvgIpc) is 2.09. The summed E-state index contributed by atoms with van der Waals surface area (Å²) in [6.07, 6.45) is -0.218. The number of carbonyl (C=O) groups is 1. The highest BCUT2D eigenvalue weighted by atomic mass is 35.5. The lowest BCUT2D eigenvalue weighted by Crippen LogP contribution is -2.23. The molecule has 1 rings (SSSR count). The molecule has 0 aromatic heterocycles. The summed E-state index contributed by atoms with van der Waals surface area (Å²) in [7, 11) is 0. The summed E-state index contributed by atoms with van der Waals surface area (Å²) in [5.74, 6) is -1.67. The Kier molecular flexibility index (Phi) is 3.81. The minimum atomic E-state index is -1.01. The summed E-state index contributed by atoms with van der Waals surface area (Å²) in [5, 5.41) is 8.89. The number of halogens is 3. The summed E-state index contributed by atoms with van der Waals surface area (Å²) in [4.78, 5) is 10.7. The van der Waals surface area contributed by atoms with Gasteiger partial charge in [0.05, 0.1) is 11.4 Å². The molecular weight excluding hydrogens is 254 g/mol. The van der Waals surface area contributed by atoms with E-state index >= 15 is 0 Å². The Bertz CT molecular complexity index is 430. The fourth-order valence-corrected chi connectivity index (χ4v) is 2.17. The van der Waals surface area contributed by atoms with Crippen LogP contribution in [0.5, 0.6) is 0 Å². The monoisotopic (exact) mass is 264 g/mol. The zero-order valence-corrected chi connectivity index (χ0v) is 10.4.